The Bertz CT molecular complexity index is 1190. The average Bonchev–Trinajstić information content (AvgIpc) is 3.24. The van der Waals surface area contributed by atoms with Crippen molar-refractivity contribution in [3.8, 4) is 0 Å². The van der Waals surface area contributed by atoms with Crippen molar-refractivity contribution < 1.29 is 4.79 Å². The smallest absolute Gasteiger partial charge is 0.252 e. The minimum Gasteiger partial charge on any atom is -0.348 e. The van der Waals surface area contributed by atoms with Crippen LogP contribution in [0.1, 0.15) is 39.9 Å². The van der Waals surface area contributed by atoms with Crippen molar-refractivity contribution in [2.75, 3.05) is 0 Å². The van der Waals surface area contributed by atoms with Crippen molar-refractivity contribution in [1.82, 2.24) is 29.9 Å². The Morgan fingerprint density at radius 1 is 1.07 bits per heavy atom. The van der Waals surface area contributed by atoms with E-state index in [1.54, 1.807) is 0 Å². The van der Waals surface area contributed by atoms with Gasteiger partial charge in [-0.2, -0.15) is 10.2 Å². The fraction of sp³-hybridized carbons (Fsp3) is 0.304. The summed E-state index contributed by atoms with van der Waals surface area (Å²) in [5.41, 5.74) is 5.03. The summed E-state index contributed by atoms with van der Waals surface area (Å²) < 4.78 is 3.72. The SMILES string of the molecule is Cc1cc(C(=O)N[C@@H](C)Cn2ccc(C)n2)c2c(C)nn(Cc3ccccc3)c2n1. The van der Waals surface area contributed by atoms with Crippen LogP contribution in [0.25, 0.3) is 11.0 Å². The molecule has 0 bridgehead atoms. The molecule has 7 heteroatoms. The zero-order valence-electron chi connectivity index (χ0n) is 17.8. The number of fused-ring (bicyclic) bond motifs is 1. The Kier molecular flexibility index (Phi) is 5.35. The van der Waals surface area contributed by atoms with Crippen molar-refractivity contribution in [2.24, 2.45) is 0 Å². The summed E-state index contributed by atoms with van der Waals surface area (Å²) in [6, 6.07) is 13.9. The molecular weight excluding hydrogens is 376 g/mol. The standard InChI is InChI=1S/C23H26N6O/c1-15-10-11-28(26-15)13-17(3)25-23(30)20-12-16(2)24-22-21(20)18(4)27-29(22)14-19-8-6-5-7-9-19/h5-12,17H,13-14H2,1-4H3,(H,25,30)/t17-/m0/s1. The molecule has 1 aromatic carbocycles. The molecule has 4 aromatic rings. The van der Waals surface area contributed by atoms with Crippen LogP contribution in [0.3, 0.4) is 0 Å². The summed E-state index contributed by atoms with van der Waals surface area (Å²) in [6.07, 6.45) is 1.92. The van der Waals surface area contributed by atoms with E-state index in [1.165, 1.54) is 0 Å². The topological polar surface area (TPSA) is 77.6 Å². The van der Waals surface area contributed by atoms with Crippen LogP contribution in [0.2, 0.25) is 0 Å². The average molecular weight is 403 g/mol. The van der Waals surface area contributed by atoms with Crippen molar-refractivity contribution in [3.05, 3.63) is 76.9 Å². The zero-order chi connectivity index (χ0) is 21.3. The molecule has 3 aromatic heterocycles. The number of aryl methyl sites for hydroxylation is 3. The molecule has 0 aliphatic carbocycles. The first-order chi connectivity index (χ1) is 14.4. The Morgan fingerprint density at radius 2 is 1.83 bits per heavy atom. The van der Waals surface area contributed by atoms with Gasteiger partial charge in [-0.3, -0.25) is 9.48 Å². The number of amides is 1. The minimum atomic E-state index is -0.121. The third kappa shape index (κ3) is 4.10. The van der Waals surface area contributed by atoms with Crippen molar-refractivity contribution in [3.63, 3.8) is 0 Å². The molecule has 0 spiro atoms. The van der Waals surface area contributed by atoms with Gasteiger partial charge in [0.05, 0.1) is 35.4 Å². The summed E-state index contributed by atoms with van der Waals surface area (Å²) in [4.78, 5) is 17.8. The van der Waals surface area contributed by atoms with E-state index in [-0.39, 0.29) is 11.9 Å². The number of aromatic nitrogens is 5. The lowest BCUT2D eigenvalue weighted by molar-refractivity contribution is 0.0937. The summed E-state index contributed by atoms with van der Waals surface area (Å²) in [6.45, 7) is 8.98. The van der Waals surface area contributed by atoms with Crippen LogP contribution in [0, 0.1) is 20.8 Å². The number of hydrogen-bond donors (Lipinski definition) is 1. The minimum absolute atomic E-state index is 0.0695. The molecule has 30 heavy (non-hydrogen) atoms. The van der Waals surface area contributed by atoms with Gasteiger partial charge in [0, 0.05) is 17.9 Å². The molecule has 0 fully saturated rings. The number of benzene rings is 1. The van der Waals surface area contributed by atoms with Crippen molar-refractivity contribution >= 4 is 16.9 Å². The Balaban J connectivity index is 1.62. The largest absolute Gasteiger partial charge is 0.348 e. The highest BCUT2D eigenvalue weighted by Gasteiger charge is 2.20. The third-order valence-corrected chi connectivity index (χ3v) is 5.04. The Hall–Kier alpha value is -3.48. The second kappa shape index (κ2) is 8.10. The quantitative estimate of drug-likeness (QED) is 0.536. The molecule has 0 radical (unpaired) electrons. The van der Waals surface area contributed by atoms with Gasteiger partial charge in [-0.05, 0) is 45.4 Å². The van der Waals surface area contributed by atoms with E-state index in [2.05, 4.69) is 27.6 Å². The predicted octanol–water partition coefficient (Wildman–Crippen LogP) is 3.42. The number of nitrogens with zero attached hydrogens (tertiary/aromatic N) is 5. The normalized spacial score (nSPS) is 12.3. The van der Waals surface area contributed by atoms with Crippen LogP contribution in [-0.4, -0.2) is 36.5 Å². The summed E-state index contributed by atoms with van der Waals surface area (Å²) >= 11 is 0. The lowest BCUT2D eigenvalue weighted by Gasteiger charge is -2.15. The van der Waals surface area contributed by atoms with E-state index in [4.69, 9.17) is 4.98 Å². The fourth-order valence-electron chi connectivity index (χ4n) is 3.72. The first kappa shape index (κ1) is 19.8. The van der Waals surface area contributed by atoms with Gasteiger partial charge in [-0.15, -0.1) is 0 Å². The second-order valence-corrected chi connectivity index (χ2v) is 7.79. The molecule has 0 unspecified atom stereocenters. The van der Waals surface area contributed by atoms with Gasteiger partial charge in [0.1, 0.15) is 0 Å². The van der Waals surface area contributed by atoms with Crippen molar-refractivity contribution in [1.29, 1.82) is 0 Å². The van der Waals surface area contributed by atoms with Crippen LogP contribution >= 0.6 is 0 Å². The van der Waals surface area contributed by atoms with Gasteiger partial charge in [0.15, 0.2) is 5.65 Å². The van der Waals surface area contributed by atoms with Crippen LogP contribution in [-0.2, 0) is 13.1 Å². The number of hydrogen-bond acceptors (Lipinski definition) is 4. The van der Waals surface area contributed by atoms with Crippen LogP contribution in [0.15, 0.2) is 48.7 Å². The highest BCUT2D eigenvalue weighted by molar-refractivity contribution is 6.06. The van der Waals surface area contributed by atoms with Gasteiger partial charge < -0.3 is 5.32 Å². The van der Waals surface area contributed by atoms with E-state index < -0.39 is 0 Å². The molecule has 0 aliphatic rings. The van der Waals surface area contributed by atoms with Gasteiger partial charge in [0.25, 0.3) is 5.91 Å². The maximum absolute atomic E-state index is 13.1. The molecule has 1 N–H and O–H groups in total. The van der Waals surface area contributed by atoms with Gasteiger partial charge in [0.2, 0.25) is 0 Å². The van der Waals surface area contributed by atoms with Gasteiger partial charge in [-0.1, -0.05) is 30.3 Å². The van der Waals surface area contributed by atoms with E-state index in [0.29, 0.717) is 18.7 Å². The Labute approximate surface area is 175 Å². The molecular formula is C23H26N6O. The number of carbonyl (C=O) groups is 1. The number of pyridine rings is 1. The lowest BCUT2D eigenvalue weighted by Crippen LogP contribution is -2.36. The molecule has 0 saturated heterocycles. The van der Waals surface area contributed by atoms with E-state index in [9.17, 15) is 4.79 Å². The fourth-order valence-corrected chi connectivity index (χ4v) is 3.72. The monoisotopic (exact) mass is 402 g/mol. The molecule has 1 amide bonds. The number of nitrogens with one attached hydrogen (secondary N) is 1. The lowest BCUT2D eigenvalue weighted by atomic mass is 10.1. The second-order valence-electron chi connectivity index (χ2n) is 7.79. The highest BCUT2D eigenvalue weighted by Crippen LogP contribution is 2.23. The molecule has 1 atom stereocenters. The maximum atomic E-state index is 13.1. The molecule has 0 aliphatic heterocycles. The van der Waals surface area contributed by atoms with Gasteiger partial charge >= 0.3 is 0 Å². The molecule has 7 nitrogen and oxygen atoms in total. The van der Waals surface area contributed by atoms with Gasteiger partial charge in [-0.25, -0.2) is 9.67 Å². The molecule has 154 valence electrons. The van der Waals surface area contributed by atoms with Crippen molar-refractivity contribution in [2.45, 2.75) is 46.8 Å². The van der Waals surface area contributed by atoms with Crippen LogP contribution < -0.4 is 5.32 Å². The molecule has 4 rings (SSSR count). The first-order valence-electron chi connectivity index (χ1n) is 10.1. The third-order valence-electron chi connectivity index (χ3n) is 5.04. The predicted molar refractivity (Wildman–Crippen MR) is 116 cm³/mol. The highest BCUT2D eigenvalue weighted by atomic mass is 16.1. The van der Waals surface area contributed by atoms with E-state index >= 15 is 0 Å². The first-order valence-corrected chi connectivity index (χ1v) is 10.1. The molecule has 3 heterocycles. The van der Waals surface area contributed by atoms with E-state index in [1.807, 2.05) is 73.6 Å². The molecule has 0 saturated carbocycles. The Morgan fingerprint density at radius 3 is 2.53 bits per heavy atom. The van der Waals surface area contributed by atoms with Crippen LogP contribution in [0.5, 0.6) is 0 Å². The van der Waals surface area contributed by atoms with Crippen LogP contribution in [0.4, 0.5) is 0 Å². The number of rotatable bonds is 6. The summed E-state index contributed by atoms with van der Waals surface area (Å²) in [5, 5.41) is 13.0. The number of carbonyl (C=O) groups excluding carboxylic acids is 1. The summed E-state index contributed by atoms with van der Waals surface area (Å²) in [7, 11) is 0. The zero-order valence-corrected chi connectivity index (χ0v) is 17.8. The van der Waals surface area contributed by atoms with E-state index in [0.717, 1.165) is 33.7 Å². The maximum Gasteiger partial charge on any atom is 0.252 e. The summed E-state index contributed by atoms with van der Waals surface area (Å²) in [5.74, 6) is -0.121.